The Hall–Kier alpha value is -1.90. The molecule has 0 saturated carbocycles. The molecule has 0 amide bonds. The van der Waals surface area contributed by atoms with Crippen molar-refractivity contribution >= 4 is 27.0 Å². The van der Waals surface area contributed by atoms with Crippen LogP contribution >= 0.6 is 0 Å². The van der Waals surface area contributed by atoms with Gasteiger partial charge in [-0.2, -0.15) is 4.31 Å². The molecule has 1 fully saturated rings. The zero-order chi connectivity index (χ0) is 19.1. The summed E-state index contributed by atoms with van der Waals surface area (Å²) in [4.78, 5) is 12.2. The van der Waals surface area contributed by atoms with Crippen LogP contribution in [0.1, 0.15) is 36.4 Å². The van der Waals surface area contributed by atoms with E-state index in [1.807, 2.05) is 6.92 Å². The van der Waals surface area contributed by atoms with Crippen molar-refractivity contribution in [3.63, 3.8) is 0 Å². The molecule has 1 aromatic carbocycles. The molecule has 1 aliphatic heterocycles. The maximum Gasteiger partial charge on any atom is 0.374 e. The summed E-state index contributed by atoms with van der Waals surface area (Å²) in [7, 11) is -3.63. The summed E-state index contributed by atoms with van der Waals surface area (Å²) in [5, 5.41) is 0.593. The average molecular weight is 380 g/mol. The van der Waals surface area contributed by atoms with E-state index in [9.17, 15) is 13.2 Å². The van der Waals surface area contributed by atoms with E-state index < -0.39 is 16.0 Å². The van der Waals surface area contributed by atoms with Crippen LogP contribution in [0.25, 0.3) is 11.0 Å². The molecule has 0 aliphatic carbocycles. The Balaban J connectivity index is 1.98. The van der Waals surface area contributed by atoms with Gasteiger partial charge >= 0.3 is 5.97 Å². The Bertz CT molecular complexity index is 934. The highest BCUT2D eigenvalue weighted by Crippen LogP contribution is 2.30. The third kappa shape index (κ3) is 3.24. The Morgan fingerprint density at radius 2 is 2.15 bits per heavy atom. The second-order valence-corrected chi connectivity index (χ2v) is 8.67. The molecule has 8 heteroatoms. The Kier molecular flexibility index (Phi) is 5.09. The lowest BCUT2D eigenvalue weighted by atomic mass is 9.96. The highest BCUT2D eigenvalue weighted by molar-refractivity contribution is 7.89. The number of carbonyl (C=O) groups excluding carboxylic acids is 1. The average Bonchev–Trinajstić information content (AvgIpc) is 2.94. The summed E-state index contributed by atoms with van der Waals surface area (Å²) in [6, 6.07) is 4.67. The fraction of sp³-hybridized carbons (Fsp3) is 0.500. The zero-order valence-electron chi connectivity index (χ0n) is 15.2. The number of hydrogen-bond donors (Lipinski definition) is 1. The number of aryl methyl sites for hydroxylation is 1. The smallest absolute Gasteiger partial charge is 0.374 e. The molecule has 2 aromatic rings. The van der Waals surface area contributed by atoms with Gasteiger partial charge in [0.05, 0.1) is 11.5 Å². The summed E-state index contributed by atoms with van der Waals surface area (Å²) in [6.07, 6.45) is 0.639. The van der Waals surface area contributed by atoms with Gasteiger partial charge in [0.2, 0.25) is 15.8 Å². The quantitative estimate of drug-likeness (QED) is 0.816. The second-order valence-electron chi connectivity index (χ2n) is 6.73. The first kappa shape index (κ1) is 18.9. The van der Waals surface area contributed by atoms with E-state index in [-0.39, 0.29) is 29.2 Å². The second kappa shape index (κ2) is 7.02. The van der Waals surface area contributed by atoms with Crippen molar-refractivity contribution in [3.8, 4) is 0 Å². The van der Waals surface area contributed by atoms with Crippen molar-refractivity contribution in [1.29, 1.82) is 0 Å². The number of furan rings is 1. The molecule has 7 nitrogen and oxygen atoms in total. The third-order valence-electron chi connectivity index (χ3n) is 4.94. The summed E-state index contributed by atoms with van der Waals surface area (Å²) in [5.74, 6) is -0.341. The van der Waals surface area contributed by atoms with Crippen LogP contribution in [0, 0.1) is 12.8 Å². The Morgan fingerprint density at radius 3 is 2.81 bits per heavy atom. The van der Waals surface area contributed by atoms with Gasteiger partial charge in [-0.1, -0.05) is 6.92 Å². The molecule has 1 aliphatic rings. The molecule has 26 heavy (non-hydrogen) atoms. The van der Waals surface area contributed by atoms with E-state index in [0.29, 0.717) is 36.0 Å². The van der Waals surface area contributed by atoms with Gasteiger partial charge in [-0.05, 0) is 44.4 Å². The number of rotatable bonds is 4. The first-order chi connectivity index (χ1) is 12.3. The molecular weight excluding hydrogens is 356 g/mol. The van der Waals surface area contributed by atoms with Gasteiger partial charge < -0.3 is 14.9 Å². The van der Waals surface area contributed by atoms with Crippen molar-refractivity contribution in [1.82, 2.24) is 4.31 Å². The van der Waals surface area contributed by atoms with Crippen LogP contribution in [-0.2, 0) is 14.8 Å². The molecule has 0 bridgehead atoms. The van der Waals surface area contributed by atoms with Crippen LogP contribution in [0.15, 0.2) is 27.5 Å². The van der Waals surface area contributed by atoms with Crippen molar-refractivity contribution in [2.24, 2.45) is 11.7 Å². The monoisotopic (exact) mass is 380 g/mol. The summed E-state index contributed by atoms with van der Waals surface area (Å²) in [5.41, 5.74) is 7.03. The molecular formula is C18H24N2O5S. The van der Waals surface area contributed by atoms with Gasteiger partial charge in [0, 0.05) is 30.1 Å². The fourth-order valence-corrected chi connectivity index (χ4v) is 4.83. The van der Waals surface area contributed by atoms with E-state index in [1.54, 1.807) is 26.0 Å². The number of sulfonamides is 1. The molecule has 142 valence electrons. The molecule has 2 atom stereocenters. The molecule has 0 radical (unpaired) electrons. The first-order valence-corrected chi connectivity index (χ1v) is 10.2. The lowest BCUT2D eigenvalue weighted by Crippen LogP contribution is -2.48. The maximum atomic E-state index is 13.0. The summed E-state index contributed by atoms with van der Waals surface area (Å²) >= 11 is 0. The number of nitrogens with two attached hydrogens (primary N) is 1. The lowest BCUT2D eigenvalue weighted by Gasteiger charge is -2.34. The largest absolute Gasteiger partial charge is 0.460 e. The van der Waals surface area contributed by atoms with Crippen molar-refractivity contribution in [2.75, 3.05) is 19.7 Å². The number of esters is 1. The van der Waals surface area contributed by atoms with Gasteiger partial charge in [-0.25, -0.2) is 13.2 Å². The predicted molar refractivity (Wildman–Crippen MR) is 97.4 cm³/mol. The minimum atomic E-state index is -3.63. The minimum absolute atomic E-state index is 0.0205. The number of hydrogen-bond acceptors (Lipinski definition) is 6. The summed E-state index contributed by atoms with van der Waals surface area (Å²) < 4.78 is 38.0. The van der Waals surface area contributed by atoms with E-state index in [1.165, 1.54) is 10.4 Å². The Labute approximate surface area is 153 Å². The van der Waals surface area contributed by atoms with E-state index >= 15 is 0 Å². The topological polar surface area (TPSA) is 103 Å². The minimum Gasteiger partial charge on any atom is -0.460 e. The molecule has 2 heterocycles. The van der Waals surface area contributed by atoms with Crippen LogP contribution in [0.4, 0.5) is 0 Å². The van der Waals surface area contributed by atoms with Crippen molar-refractivity contribution < 1.29 is 22.4 Å². The van der Waals surface area contributed by atoms with Crippen LogP contribution in [-0.4, -0.2) is 44.4 Å². The van der Waals surface area contributed by atoms with Gasteiger partial charge in [-0.3, -0.25) is 0 Å². The van der Waals surface area contributed by atoms with E-state index in [4.69, 9.17) is 14.9 Å². The van der Waals surface area contributed by atoms with Crippen LogP contribution in [0.2, 0.25) is 0 Å². The number of benzene rings is 1. The molecule has 1 aromatic heterocycles. The van der Waals surface area contributed by atoms with Crippen molar-refractivity contribution in [2.45, 2.75) is 38.1 Å². The molecule has 3 rings (SSSR count). The number of fused-ring (bicyclic) bond motifs is 1. The van der Waals surface area contributed by atoms with Crippen LogP contribution in [0.5, 0.6) is 0 Å². The number of piperidine rings is 1. The summed E-state index contributed by atoms with van der Waals surface area (Å²) in [6.45, 7) is 6.44. The van der Waals surface area contributed by atoms with E-state index in [0.717, 1.165) is 0 Å². The molecule has 2 unspecified atom stereocenters. The molecule has 0 spiro atoms. The lowest BCUT2D eigenvalue weighted by molar-refractivity contribution is 0.0491. The highest BCUT2D eigenvalue weighted by Gasteiger charge is 2.32. The normalized spacial score (nSPS) is 21.8. The molecule has 2 N–H and O–H groups in total. The number of carbonyl (C=O) groups is 1. The standard InChI is InChI=1S/C18H24N2O5S/c1-4-24-18(21)17-12(3)14-9-13(5-6-16(14)25-17)26(22,23)20-8-7-15(19)11(2)10-20/h5-6,9,11,15H,4,7-8,10,19H2,1-3H3. The first-order valence-electron chi connectivity index (χ1n) is 8.71. The highest BCUT2D eigenvalue weighted by atomic mass is 32.2. The van der Waals surface area contributed by atoms with Gasteiger partial charge in [0.25, 0.3) is 0 Å². The maximum absolute atomic E-state index is 13.0. The zero-order valence-corrected chi connectivity index (χ0v) is 16.0. The Morgan fingerprint density at radius 1 is 1.42 bits per heavy atom. The van der Waals surface area contributed by atoms with E-state index in [2.05, 4.69) is 0 Å². The number of ether oxygens (including phenoxy) is 1. The van der Waals surface area contributed by atoms with Gasteiger partial charge in [0.1, 0.15) is 5.58 Å². The van der Waals surface area contributed by atoms with Gasteiger partial charge in [0.15, 0.2) is 0 Å². The third-order valence-corrected chi connectivity index (χ3v) is 6.80. The molecule has 1 saturated heterocycles. The fourth-order valence-electron chi connectivity index (χ4n) is 3.24. The predicted octanol–water partition coefficient (Wildman–Crippen LogP) is 2.28. The van der Waals surface area contributed by atoms with Crippen LogP contribution < -0.4 is 5.73 Å². The number of nitrogens with zero attached hydrogens (tertiary/aromatic N) is 1. The van der Waals surface area contributed by atoms with Crippen molar-refractivity contribution in [3.05, 3.63) is 29.5 Å². The van der Waals surface area contributed by atoms with Gasteiger partial charge in [-0.15, -0.1) is 0 Å². The van der Waals surface area contributed by atoms with Crippen LogP contribution in [0.3, 0.4) is 0 Å². The SMILES string of the molecule is CCOC(=O)c1oc2ccc(S(=O)(=O)N3CCC(N)C(C)C3)cc2c1C.